The number of esters is 1. The minimum absolute atomic E-state index is 0.0614. The number of hydrogen-bond donors (Lipinski definition) is 0. The van der Waals surface area contributed by atoms with Gasteiger partial charge in [-0.3, -0.25) is 0 Å². The van der Waals surface area contributed by atoms with Crippen molar-refractivity contribution in [3.05, 3.63) is 47.5 Å². The summed E-state index contributed by atoms with van der Waals surface area (Å²) < 4.78 is 31.1. The average Bonchev–Trinajstić information content (AvgIpc) is 2.42. The number of carbonyl (C=O) groups is 1. The number of benzene rings is 1. The fourth-order valence-electron chi connectivity index (χ4n) is 1.34. The number of halogens is 2. The molecule has 0 amide bonds. The van der Waals surface area contributed by atoms with Gasteiger partial charge in [-0.25, -0.2) is 9.18 Å². The molecule has 18 heavy (non-hydrogen) atoms. The van der Waals surface area contributed by atoms with Gasteiger partial charge in [-0.1, -0.05) is 43.7 Å². The zero-order valence-electron chi connectivity index (χ0n) is 10.3. The van der Waals surface area contributed by atoms with Crippen LogP contribution in [0.1, 0.15) is 31.7 Å². The summed E-state index contributed by atoms with van der Waals surface area (Å²) in [4.78, 5) is 11.2. The van der Waals surface area contributed by atoms with Crippen LogP contribution in [0.25, 0.3) is 0 Å². The summed E-state index contributed by atoms with van der Waals surface area (Å²) in [7, 11) is 0. The molecule has 1 rings (SSSR count). The quantitative estimate of drug-likeness (QED) is 0.565. The van der Waals surface area contributed by atoms with Gasteiger partial charge in [-0.05, 0) is 12.0 Å². The lowest BCUT2D eigenvalue weighted by molar-refractivity contribution is -0.142. The summed E-state index contributed by atoms with van der Waals surface area (Å²) in [6.45, 7) is 1.80. The van der Waals surface area contributed by atoms with E-state index in [1.54, 1.807) is 24.3 Å². The summed E-state index contributed by atoms with van der Waals surface area (Å²) in [6, 6.07) is 8.84. The van der Waals surface area contributed by atoms with Crippen LogP contribution in [-0.4, -0.2) is 5.97 Å². The average molecular weight is 254 g/mol. The maximum atomic E-state index is 13.2. The Balaban J connectivity index is 2.50. The standard InChI is InChI=1S/C14H16F2O2/c1-2-3-9-12(15)13(16)14(17)18-10-11-7-5-4-6-8-11/h4-8H,2-3,9-10H2,1H3/b13-12-. The molecule has 0 N–H and O–H groups in total. The molecular weight excluding hydrogens is 238 g/mol. The van der Waals surface area contributed by atoms with E-state index >= 15 is 0 Å². The molecule has 0 aliphatic heterocycles. The molecule has 0 heterocycles. The summed E-state index contributed by atoms with van der Waals surface area (Å²) in [6.07, 6.45) is 1.17. The van der Waals surface area contributed by atoms with Crippen LogP contribution in [-0.2, 0) is 16.1 Å². The van der Waals surface area contributed by atoms with Crippen molar-refractivity contribution in [1.29, 1.82) is 0 Å². The first-order valence-corrected chi connectivity index (χ1v) is 5.90. The van der Waals surface area contributed by atoms with Crippen LogP contribution >= 0.6 is 0 Å². The Kier molecular flexibility index (Phi) is 6.05. The zero-order valence-corrected chi connectivity index (χ0v) is 10.3. The van der Waals surface area contributed by atoms with Crippen LogP contribution in [0.4, 0.5) is 8.78 Å². The lowest BCUT2D eigenvalue weighted by Crippen LogP contribution is -2.06. The first-order valence-electron chi connectivity index (χ1n) is 5.90. The van der Waals surface area contributed by atoms with Crippen molar-refractivity contribution >= 4 is 5.97 Å². The monoisotopic (exact) mass is 254 g/mol. The fraction of sp³-hybridized carbons (Fsp3) is 0.357. The zero-order chi connectivity index (χ0) is 13.4. The second-order valence-corrected chi connectivity index (χ2v) is 3.88. The van der Waals surface area contributed by atoms with Crippen LogP contribution in [0, 0.1) is 0 Å². The molecule has 1 aromatic carbocycles. The molecule has 0 unspecified atom stereocenters. The molecule has 0 radical (unpaired) electrons. The molecule has 4 heteroatoms. The minimum Gasteiger partial charge on any atom is -0.455 e. The van der Waals surface area contributed by atoms with Gasteiger partial charge in [0, 0.05) is 6.42 Å². The molecule has 0 atom stereocenters. The SMILES string of the molecule is CCCC/C(F)=C(/F)C(=O)OCc1ccccc1. The van der Waals surface area contributed by atoms with Crippen LogP contribution in [0.15, 0.2) is 42.0 Å². The van der Waals surface area contributed by atoms with Crippen LogP contribution in [0.5, 0.6) is 0 Å². The Labute approximate surface area is 105 Å². The smallest absolute Gasteiger partial charge is 0.370 e. The molecule has 2 nitrogen and oxygen atoms in total. The van der Waals surface area contributed by atoms with E-state index in [9.17, 15) is 13.6 Å². The first kappa shape index (κ1) is 14.4. The normalized spacial score (nSPS) is 11.9. The second kappa shape index (κ2) is 7.58. The maximum Gasteiger partial charge on any atom is 0.370 e. The topological polar surface area (TPSA) is 26.3 Å². The van der Waals surface area contributed by atoms with Gasteiger partial charge in [0.2, 0.25) is 5.83 Å². The van der Waals surface area contributed by atoms with E-state index in [1.807, 2.05) is 13.0 Å². The molecule has 0 aliphatic carbocycles. The summed E-state index contributed by atoms with van der Waals surface area (Å²) in [5.74, 6) is -3.69. The third-order valence-electron chi connectivity index (χ3n) is 2.38. The Bertz CT molecular complexity index is 413. The van der Waals surface area contributed by atoms with Crippen molar-refractivity contribution < 1.29 is 18.3 Å². The lowest BCUT2D eigenvalue weighted by Gasteiger charge is -2.04. The van der Waals surface area contributed by atoms with Crippen molar-refractivity contribution in [3.63, 3.8) is 0 Å². The van der Waals surface area contributed by atoms with Gasteiger partial charge in [0.05, 0.1) is 0 Å². The van der Waals surface area contributed by atoms with E-state index < -0.39 is 17.6 Å². The highest BCUT2D eigenvalue weighted by atomic mass is 19.2. The van der Waals surface area contributed by atoms with E-state index in [0.29, 0.717) is 6.42 Å². The minimum atomic E-state index is -1.42. The van der Waals surface area contributed by atoms with Crippen molar-refractivity contribution in [1.82, 2.24) is 0 Å². The largest absolute Gasteiger partial charge is 0.455 e. The predicted molar refractivity (Wildman–Crippen MR) is 65.0 cm³/mol. The van der Waals surface area contributed by atoms with Gasteiger partial charge in [0.25, 0.3) is 0 Å². The van der Waals surface area contributed by atoms with Gasteiger partial charge in [0.15, 0.2) is 0 Å². The highest BCUT2D eigenvalue weighted by molar-refractivity contribution is 5.86. The highest BCUT2D eigenvalue weighted by Gasteiger charge is 2.16. The number of hydrogen-bond acceptors (Lipinski definition) is 2. The Morgan fingerprint density at radius 1 is 1.22 bits per heavy atom. The van der Waals surface area contributed by atoms with Crippen LogP contribution < -0.4 is 0 Å². The van der Waals surface area contributed by atoms with E-state index in [4.69, 9.17) is 0 Å². The highest BCUT2D eigenvalue weighted by Crippen LogP contribution is 2.17. The fourth-order valence-corrected chi connectivity index (χ4v) is 1.34. The Morgan fingerprint density at radius 2 is 1.89 bits per heavy atom. The molecule has 0 fully saturated rings. The summed E-state index contributed by atoms with van der Waals surface area (Å²) in [5.41, 5.74) is 0.729. The molecular formula is C14H16F2O2. The van der Waals surface area contributed by atoms with Gasteiger partial charge in [-0.15, -0.1) is 0 Å². The van der Waals surface area contributed by atoms with Crippen molar-refractivity contribution in [3.8, 4) is 0 Å². The van der Waals surface area contributed by atoms with Gasteiger partial charge in [0.1, 0.15) is 12.4 Å². The van der Waals surface area contributed by atoms with E-state index in [1.165, 1.54) is 0 Å². The predicted octanol–water partition coefficient (Wildman–Crippen LogP) is 4.07. The van der Waals surface area contributed by atoms with Gasteiger partial charge >= 0.3 is 5.97 Å². The van der Waals surface area contributed by atoms with Crippen molar-refractivity contribution in [2.75, 3.05) is 0 Å². The molecule has 0 saturated heterocycles. The van der Waals surface area contributed by atoms with Crippen LogP contribution in [0.2, 0.25) is 0 Å². The van der Waals surface area contributed by atoms with E-state index in [0.717, 1.165) is 12.0 Å². The molecule has 1 aromatic rings. The molecule has 0 aromatic heterocycles. The summed E-state index contributed by atoms with van der Waals surface area (Å²) in [5, 5.41) is 0. The second-order valence-electron chi connectivity index (χ2n) is 3.88. The molecule has 98 valence electrons. The number of carbonyl (C=O) groups excluding carboxylic acids is 1. The third-order valence-corrected chi connectivity index (χ3v) is 2.38. The third kappa shape index (κ3) is 4.65. The summed E-state index contributed by atoms with van der Waals surface area (Å²) >= 11 is 0. The molecule has 0 bridgehead atoms. The number of rotatable bonds is 6. The van der Waals surface area contributed by atoms with Gasteiger partial charge < -0.3 is 4.74 Å². The van der Waals surface area contributed by atoms with Crippen LogP contribution in [0.3, 0.4) is 0 Å². The van der Waals surface area contributed by atoms with Gasteiger partial charge in [-0.2, -0.15) is 4.39 Å². The Hall–Kier alpha value is -1.71. The number of allylic oxidation sites excluding steroid dienone is 1. The molecule has 0 spiro atoms. The lowest BCUT2D eigenvalue weighted by atomic mass is 10.2. The number of unbranched alkanes of at least 4 members (excludes halogenated alkanes) is 1. The molecule has 0 aliphatic rings. The maximum absolute atomic E-state index is 13.2. The molecule has 0 saturated carbocycles. The number of ether oxygens (including phenoxy) is 1. The van der Waals surface area contributed by atoms with Crippen molar-refractivity contribution in [2.45, 2.75) is 32.8 Å². The van der Waals surface area contributed by atoms with E-state index in [-0.39, 0.29) is 13.0 Å². The Morgan fingerprint density at radius 3 is 2.50 bits per heavy atom. The first-order chi connectivity index (χ1) is 8.65. The van der Waals surface area contributed by atoms with E-state index in [2.05, 4.69) is 4.74 Å². The van der Waals surface area contributed by atoms with Crippen molar-refractivity contribution in [2.24, 2.45) is 0 Å².